The number of rotatable bonds is 3. The third-order valence-corrected chi connectivity index (χ3v) is 5.37. The molecular formula is C17H13F3N2O3S. The summed E-state index contributed by atoms with van der Waals surface area (Å²) in [6, 6.07) is 8.44. The highest BCUT2D eigenvalue weighted by Gasteiger charge is 2.32. The molecule has 0 bridgehead atoms. The molecule has 1 aliphatic carbocycles. The Balaban J connectivity index is 1.85. The number of carbonyl (C=O) groups is 1. The Bertz CT molecular complexity index is 998. The molecule has 0 saturated heterocycles. The Labute approximate surface area is 147 Å². The molecule has 1 N–H and O–H groups in total. The van der Waals surface area contributed by atoms with Crippen molar-refractivity contribution < 1.29 is 26.4 Å². The van der Waals surface area contributed by atoms with Crippen LogP contribution in [0.5, 0.6) is 0 Å². The monoisotopic (exact) mass is 382 g/mol. The summed E-state index contributed by atoms with van der Waals surface area (Å²) in [4.78, 5) is 15.6. The molecular weight excluding hydrogens is 369 g/mol. The molecule has 9 heteroatoms. The first-order valence-electron chi connectivity index (χ1n) is 7.56. The molecule has 2 aromatic rings. The molecule has 0 fully saturated rings. The molecule has 3 rings (SSSR count). The number of aryl methyl sites for hydroxylation is 1. The molecule has 0 radical (unpaired) electrons. The molecule has 26 heavy (non-hydrogen) atoms. The Morgan fingerprint density at radius 1 is 1.12 bits per heavy atom. The summed E-state index contributed by atoms with van der Waals surface area (Å²) >= 11 is 0. The number of fused-ring (bicyclic) bond motifs is 1. The number of benzene rings is 1. The molecule has 1 amide bonds. The Morgan fingerprint density at radius 3 is 2.58 bits per heavy atom. The topological polar surface area (TPSA) is 76.1 Å². The van der Waals surface area contributed by atoms with Gasteiger partial charge >= 0.3 is 6.18 Å². The molecule has 1 aromatic heterocycles. The fourth-order valence-corrected chi connectivity index (χ4v) is 3.72. The quantitative estimate of drug-likeness (QED) is 0.885. The first-order valence-corrected chi connectivity index (χ1v) is 9.04. The predicted molar refractivity (Wildman–Crippen MR) is 88.4 cm³/mol. The van der Waals surface area contributed by atoms with Gasteiger partial charge in [-0.3, -0.25) is 9.78 Å². The normalized spacial score (nSPS) is 14.3. The molecule has 1 aromatic carbocycles. The number of hydrogen-bond acceptors (Lipinski definition) is 4. The second-order valence-corrected chi connectivity index (χ2v) is 7.41. The van der Waals surface area contributed by atoms with Crippen molar-refractivity contribution in [3.63, 3.8) is 0 Å². The summed E-state index contributed by atoms with van der Waals surface area (Å²) in [5, 5.41) is 0. The minimum atomic E-state index is -4.66. The van der Waals surface area contributed by atoms with E-state index < -0.39 is 33.4 Å². The highest BCUT2D eigenvalue weighted by molar-refractivity contribution is 7.94. The number of alkyl halides is 3. The largest absolute Gasteiger partial charge is 0.416 e. The van der Waals surface area contributed by atoms with E-state index in [2.05, 4.69) is 4.98 Å². The van der Waals surface area contributed by atoms with Crippen molar-refractivity contribution >= 4 is 22.0 Å². The molecule has 1 aliphatic rings. The van der Waals surface area contributed by atoms with Gasteiger partial charge in [-0.1, -0.05) is 24.3 Å². The van der Waals surface area contributed by atoms with Crippen LogP contribution in [-0.2, 0) is 22.6 Å². The standard InChI is InChI=1S/C17H13F3N2O3S/c18-17(19,20)13-7-8-21-15(10-13)16(23)22-26(24,25)14-6-5-11-3-1-2-4-12(11)9-14/h1-4,7-10H,5-6H2,(H,22,23). The van der Waals surface area contributed by atoms with E-state index in [0.29, 0.717) is 18.6 Å². The first-order chi connectivity index (χ1) is 12.2. The van der Waals surface area contributed by atoms with Crippen molar-refractivity contribution in [1.82, 2.24) is 9.71 Å². The Morgan fingerprint density at radius 2 is 1.85 bits per heavy atom. The molecule has 0 unspecified atom stereocenters. The van der Waals surface area contributed by atoms with Crippen LogP contribution < -0.4 is 4.72 Å². The number of hydrogen-bond donors (Lipinski definition) is 1. The SMILES string of the molecule is O=C(NS(=O)(=O)C1=Cc2ccccc2CC1)c1cc(C(F)(F)F)ccn1. The van der Waals surface area contributed by atoms with Crippen molar-refractivity contribution in [2.24, 2.45) is 0 Å². The van der Waals surface area contributed by atoms with Crippen LogP contribution in [0.1, 0.15) is 33.6 Å². The van der Waals surface area contributed by atoms with Gasteiger partial charge in [-0.25, -0.2) is 13.1 Å². The maximum Gasteiger partial charge on any atom is 0.416 e. The molecule has 0 atom stereocenters. The van der Waals surface area contributed by atoms with Crippen LogP contribution in [0.3, 0.4) is 0 Å². The number of halogens is 3. The zero-order valence-electron chi connectivity index (χ0n) is 13.2. The van der Waals surface area contributed by atoms with Gasteiger partial charge in [0.15, 0.2) is 0 Å². The average molecular weight is 382 g/mol. The van der Waals surface area contributed by atoms with Gasteiger partial charge in [0.2, 0.25) is 0 Å². The third kappa shape index (κ3) is 3.77. The molecule has 136 valence electrons. The smallest absolute Gasteiger partial charge is 0.266 e. The maximum atomic E-state index is 12.7. The van der Waals surface area contributed by atoms with Crippen LogP contribution in [-0.4, -0.2) is 19.3 Å². The van der Waals surface area contributed by atoms with Gasteiger partial charge in [0, 0.05) is 6.20 Å². The van der Waals surface area contributed by atoms with E-state index in [9.17, 15) is 26.4 Å². The van der Waals surface area contributed by atoms with E-state index >= 15 is 0 Å². The minimum absolute atomic E-state index is 0.00322. The lowest BCUT2D eigenvalue weighted by molar-refractivity contribution is -0.137. The number of allylic oxidation sites excluding steroid dienone is 1. The van der Waals surface area contributed by atoms with Gasteiger partial charge in [-0.15, -0.1) is 0 Å². The molecule has 1 heterocycles. The van der Waals surface area contributed by atoms with Crippen LogP contribution >= 0.6 is 0 Å². The Kier molecular flexibility index (Phi) is 4.57. The number of nitrogens with one attached hydrogen (secondary N) is 1. The summed E-state index contributed by atoms with van der Waals surface area (Å²) in [5.74, 6) is -1.21. The zero-order chi connectivity index (χ0) is 18.9. The van der Waals surface area contributed by atoms with E-state index in [1.807, 2.05) is 12.1 Å². The van der Waals surface area contributed by atoms with Crippen LogP contribution in [0.2, 0.25) is 0 Å². The second-order valence-electron chi connectivity index (χ2n) is 5.67. The van der Waals surface area contributed by atoms with Gasteiger partial charge < -0.3 is 0 Å². The highest BCUT2D eigenvalue weighted by atomic mass is 32.2. The van der Waals surface area contributed by atoms with Crippen molar-refractivity contribution in [1.29, 1.82) is 0 Å². The molecule has 0 saturated carbocycles. The predicted octanol–water partition coefficient (Wildman–Crippen LogP) is 3.15. The lowest BCUT2D eigenvalue weighted by Crippen LogP contribution is -2.32. The number of aromatic nitrogens is 1. The Hall–Kier alpha value is -2.68. The number of pyridine rings is 1. The fourth-order valence-electron chi connectivity index (χ4n) is 2.59. The van der Waals surface area contributed by atoms with E-state index in [0.717, 1.165) is 17.3 Å². The molecule has 5 nitrogen and oxygen atoms in total. The zero-order valence-corrected chi connectivity index (χ0v) is 14.1. The number of nitrogens with zero attached hydrogens (tertiary/aromatic N) is 1. The minimum Gasteiger partial charge on any atom is -0.266 e. The van der Waals surface area contributed by atoms with Gasteiger partial charge in [0.05, 0.1) is 10.5 Å². The van der Waals surface area contributed by atoms with Crippen molar-refractivity contribution in [2.45, 2.75) is 19.0 Å². The van der Waals surface area contributed by atoms with Crippen molar-refractivity contribution in [3.8, 4) is 0 Å². The van der Waals surface area contributed by atoms with E-state index in [1.54, 1.807) is 16.9 Å². The molecule has 0 aliphatic heterocycles. The lowest BCUT2D eigenvalue weighted by atomic mass is 9.98. The van der Waals surface area contributed by atoms with Crippen LogP contribution in [0.25, 0.3) is 6.08 Å². The second kappa shape index (κ2) is 6.56. The van der Waals surface area contributed by atoms with Crippen LogP contribution in [0.4, 0.5) is 13.2 Å². The summed E-state index contributed by atoms with van der Waals surface area (Å²) in [6.07, 6.45) is -1.73. The third-order valence-electron chi connectivity index (χ3n) is 3.90. The van der Waals surface area contributed by atoms with E-state index in [4.69, 9.17) is 0 Å². The fraction of sp³-hybridized carbons (Fsp3) is 0.176. The summed E-state index contributed by atoms with van der Waals surface area (Å²) in [7, 11) is -4.18. The highest BCUT2D eigenvalue weighted by Crippen LogP contribution is 2.29. The summed E-state index contributed by atoms with van der Waals surface area (Å²) < 4.78 is 64.8. The maximum absolute atomic E-state index is 12.7. The summed E-state index contributed by atoms with van der Waals surface area (Å²) in [5.41, 5.74) is 0.00200. The van der Waals surface area contributed by atoms with Gasteiger partial charge in [0.1, 0.15) is 5.69 Å². The van der Waals surface area contributed by atoms with E-state index in [-0.39, 0.29) is 11.3 Å². The molecule has 0 spiro atoms. The van der Waals surface area contributed by atoms with Gasteiger partial charge in [-0.2, -0.15) is 13.2 Å². The van der Waals surface area contributed by atoms with Crippen molar-refractivity contribution in [3.05, 3.63) is 69.9 Å². The average Bonchev–Trinajstić information content (AvgIpc) is 2.60. The van der Waals surface area contributed by atoms with Gasteiger partial charge in [-0.05, 0) is 42.2 Å². The van der Waals surface area contributed by atoms with Crippen molar-refractivity contribution in [2.75, 3.05) is 0 Å². The van der Waals surface area contributed by atoms with Crippen LogP contribution in [0.15, 0.2) is 47.5 Å². The van der Waals surface area contributed by atoms with Crippen LogP contribution in [0, 0.1) is 0 Å². The number of sulfonamides is 1. The van der Waals surface area contributed by atoms with Gasteiger partial charge in [0.25, 0.3) is 15.9 Å². The first kappa shape index (κ1) is 18.1. The lowest BCUT2D eigenvalue weighted by Gasteiger charge is -2.17. The van der Waals surface area contributed by atoms with E-state index in [1.165, 1.54) is 6.08 Å². The number of carbonyl (C=O) groups excluding carboxylic acids is 1. The number of amides is 1. The summed E-state index contributed by atoms with van der Waals surface area (Å²) in [6.45, 7) is 0.